The number of hydrogen-bond donors (Lipinski definition) is 1. The summed E-state index contributed by atoms with van der Waals surface area (Å²) in [6.45, 7) is 4.29. The fourth-order valence-electron chi connectivity index (χ4n) is 4.81. The summed E-state index contributed by atoms with van der Waals surface area (Å²) in [6.07, 6.45) is -0.0200. The average molecular weight is 518 g/mol. The average Bonchev–Trinajstić information content (AvgIpc) is 3.49. The van der Waals surface area contributed by atoms with E-state index in [4.69, 9.17) is 10.5 Å². The quantitative estimate of drug-likeness (QED) is 0.385. The molecule has 0 spiro atoms. The van der Waals surface area contributed by atoms with Crippen LogP contribution in [0.2, 0.25) is 0 Å². The highest BCUT2D eigenvalue weighted by atomic mass is 19.4. The Hall–Kier alpha value is -4.16. The van der Waals surface area contributed by atoms with Gasteiger partial charge in [0.05, 0.1) is 29.8 Å². The third kappa shape index (κ3) is 4.23. The molecule has 1 aromatic carbocycles. The minimum absolute atomic E-state index is 0.0183. The Morgan fingerprint density at radius 2 is 1.97 bits per heavy atom. The van der Waals surface area contributed by atoms with E-state index in [0.717, 1.165) is 6.07 Å². The highest BCUT2D eigenvalue weighted by Gasteiger charge is 2.46. The van der Waals surface area contributed by atoms with Crippen molar-refractivity contribution >= 4 is 28.3 Å². The minimum Gasteiger partial charge on any atom is -0.487 e. The summed E-state index contributed by atoms with van der Waals surface area (Å²) in [4.78, 5) is 27.6. The first-order valence-corrected chi connectivity index (χ1v) is 11.6. The van der Waals surface area contributed by atoms with Crippen LogP contribution in [0.25, 0.3) is 16.6 Å². The van der Waals surface area contributed by atoms with E-state index in [0.29, 0.717) is 42.0 Å². The van der Waals surface area contributed by atoms with E-state index in [1.165, 1.54) is 17.4 Å². The number of amides is 1. The maximum absolute atomic E-state index is 15.0. The van der Waals surface area contributed by atoms with Crippen molar-refractivity contribution in [1.82, 2.24) is 24.3 Å². The molecule has 13 heteroatoms. The molecule has 0 radical (unpaired) electrons. The van der Waals surface area contributed by atoms with Gasteiger partial charge in [-0.3, -0.25) is 9.20 Å². The Morgan fingerprint density at radius 3 is 2.73 bits per heavy atom. The monoisotopic (exact) mass is 518 g/mol. The van der Waals surface area contributed by atoms with Crippen LogP contribution < -0.4 is 15.2 Å². The number of ether oxygens (including phenoxy) is 2. The maximum Gasteiger partial charge on any atom is 0.573 e. The molecule has 2 aliphatic heterocycles. The molecule has 194 valence electrons. The number of nitrogens with zero attached hydrogens (tertiary/aromatic N) is 5. The van der Waals surface area contributed by atoms with Gasteiger partial charge in [-0.15, -0.1) is 13.2 Å². The summed E-state index contributed by atoms with van der Waals surface area (Å²) >= 11 is 0. The molecule has 4 aromatic rings. The van der Waals surface area contributed by atoms with Crippen LogP contribution >= 0.6 is 0 Å². The zero-order chi connectivity index (χ0) is 26.5. The van der Waals surface area contributed by atoms with Crippen LogP contribution in [0.15, 0.2) is 36.9 Å². The van der Waals surface area contributed by atoms with Gasteiger partial charge in [0, 0.05) is 18.7 Å². The van der Waals surface area contributed by atoms with E-state index in [1.807, 2.05) is 13.8 Å². The number of pyridine rings is 1. The number of anilines is 1. The number of benzene rings is 1. The van der Waals surface area contributed by atoms with Gasteiger partial charge in [0.2, 0.25) is 0 Å². The van der Waals surface area contributed by atoms with E-state index in [1.54, 1.807) is 16.7 Å². The molecule has 0 saturated carbocycles. The normalized spacial score (nSPS) is 18.6. The summed E-state index contributed by atoms with van der Waals surface area (Å²) in [7, 11) is 0. The van der Waals surface area contributed by atoms with Gasteiger partial charge in [0.1, 0.15) is 52.0 Å². The molecule has 1 amide bonds. The highest BCUT2D eigenvalue weighted by molar-refractivity contribution is 5.96. The summed E-state index contributed by atoms with van der Waals surface area (Å²) in [5.41, 5.74) is 7.64. The van der Waals surface area contributed by atoms with Gasteiger partial charge >= 0.3 is 6.36 Å². The van der Waals surface area contributed by atoms with E-state index in [9.17, 15) is 18.0 Å². The molecule has 2 unspecified atom stereocenters. The molecule has 1 fully saturated rings. The van der Waals surface area contributed by atoms with Crippen molar-refractivity contribution in [3.63, 3.8) is 0 Å². The zero-order valence-corrected chi connectivity index (χ0v) is 19.8. The molecule has 9 nitrogen and oxygen atoms in total. The fraction of sp³-hybridized carbons (Fsp3) is 0.333. The number of halogens is 4. The maximum atomic E-state index is 15.0. The number of hydrogen-bond acceptors (Lipinski definition) is 7. The van der Waals surface area contributed by atoms with Gasteiger partial charge in [-0.05, 0) is 18.9 Å². The standard InChI is InChI=1S/C22H16F4N6O3.C2H6/c23-11-4-10(35-22(24,25)26)5-17-18(11)19-16(34-17)2-1-3-31(19)21(33)12-6-14-13(7-29-12)30-20(27)15-8-28-9-32(14)15;1-2/h4-9,16,19H,1-3H2,(H2,27,30);1-2H3. The topological polar surface area (TPSA) is 108 Å². The number of rotatable bonds is 2. The largest absolute Gasteiger partial charge is 0.573 e. The second-order valence-electron chi connectivity index (χ2n) is 8.31. The number of piperidine rings is 1. The SMILES string of the molecule is CC.Nc1nc2cnc(C(=O)N3CCCC4Oc5cc(OC(F)(F)F)cc(F)c5C43)cc2n2cncc12. The molecule has 6 rings (SSSR count). The minimum atomic E-state index is -4.98. The van der Waals surface area contributed by atoms with Gasteiger partial charge in [-0.25, -0.2) is 19.3 Å². The summed E-state index contributed by atoms with van der Waals surface area (Å²) < 4.78 is 64.2. The number of nitrogens with two attached hydrogens (primary N) is 1. The smallest absolute Gasteiger partial charge is 0.487 e. The number of fused-ring (bicyclic) bond motifs is 6. The Labute approximate surface area is 207 Å². The van der Waals surface area contributed by atoms with Crippen molar-refractivity contribution in [3.8, 4) is 11.5 Å². The van der Waals surface area contributed by atoms with Gasteiger partial charge in [-0.1, -0.05) is 13.8 Å². The molecule has 3 aromatic heterocycles. The van der Waals surface area contributed by atoms with Crippen molar-refractivity contribution in [2.24, 2.45) is 0 Å². The number of imidazole rings is 1. The third-order valence-electron chi connectivity index (χ3n) is 6.19. The number of carbonyl (C=O) groups is 1. The van der Waals surface area contributed by atoms with Crippen LogP contribution in [0, 0.1) is 5.82 Å². The Balaban J connectivity index is 0.00000137. The van der Waals surface area contributed by atoms with Crippen molar-refractivity contribution in [3.05, 3.63) is 54.0 Å². The van der Waals surface area contributed by atoms with E-state index in [-0.39, 0.29) is 22.8 Å². The summed E-state index contributed by atoms with van der Waals surface area (Å²) in [6, 6.07) is 2.37. The van der Waals surface area contributed by atoms with Crippen molar-refractivity contribution in [2.45, 2.75) is 45.2 Å². The first-order valence-electron chi connectivity index (χ1n) is 11.6. The van der Waals surface area contributed by atoms with Crippen LogP contribution in [-0.2, 0) is 0 Å². The Kier molecular flexibility index (Phi) is 6.00. The Morgan fingerprint density at radius 1 is 1.19 bits per heavy atom. The Bertz CT molecular complexity index is 1510. The molecule has 5 heterocycles. The third-order valence-corrected chi connectivity index (χ3v) is 6.19. The molecule has 2 atom stereocenters. The number of likely N-dealkylation sites (tertiary alicyclic amines) is 1. The van der Waals surface area contributed by atoms with Crippen LogP contribution in [0.5, 0.6) is 11.5 Å². The van der Waals surface area contributed by atoms with Crippen molar-refractivity contribution < 1.29 is 31.8 Å². The lowest BCUT2D eigenvalue weighted by molar-refractivity contribution is -0.274. The number of nitrogen functional groups attached to an aromatic ring is 1. The van der Waals surface area contributed by atoms with Gasteiger partial charge in [0.15, 0.2) is 0 Å². The van der Waals surface area contributed by atoms with Crippen LogP contribution in [0.3, 0.4) is 0 Å². The fourth-order valence-corrected chi connectivity index (χ4v) is 4.81. The molecule has 1 saturated heterocycles. The second-order valence-corrected chi connectivity index (χ2v) is 8.31. The van der Waals surface area contributed by atoms with Crippen molar-refractivity contribution in [2.75, 3.05) is 12.3 Å². The molecule has 0 bridgehead atoms. The van der Waals surface area contributed by atoms with Crippen molar-refractivity contribution in [1.29, 1.82) is 0 Å². The molecule has 37 heavy (non-hydrogen) atoms. The van der Waals surface area contributed by atoms with Crippen LogP contribution in [-0.4, -0.2) is 49.2 Å². The van der Waals surface area contributed by atoms with Gasteiger partial charge < -0.3 is 20.1 Å². The highest BCUT2D eigenvalue weighted by Crippen LogP contribution is 2.48. The second kappa shape index (κ2) is 9.05. The van der Waals surface area contributed by atoms with Gasteiger partial charge in [-0.2, -0.15) is 0 Å². The molecular formula is C24H22F4N6O3. The lowest BCUT2D eigenvalue weighted by Gasteiger charge is -2.36. The van der Waals surface area contributed by atoms with E-state index >= 15 is 4.39 Å². The predicted molar refractivity (Wildman–Crippen MR) is 125 cm³/mol. The predicted octanol–water partition coefficient (Wildman–Crippen LogP) is 4.66. The number of aromatic nitrogens is 4. The van der Waals surface area contributed by atoms with Crippen LogP contribution in [0.4, 0.5) is 23.4 Å². The number of carbonyl (C=O) groups excluding carboxylic acids is 1. The van der Waals surface area contributed by atoms with Gasteiger partial charge in [0.25, 0.3) is 5.91 Å². The molecule has 2 N–H and O–H groups in total. The number of alkyl halides is 3. The molecule has 2 aliphatic rings. The first-order chi connectivity index (χ1) is 17.7. The van der Waals surface area contributed by atoms with Crippen LogP contribution in [0.1, 0.15) is 48.8 Å². The lowest BCUT2D eigenvalue weighted by Crippen LogP contribution is -2.45. The molecular weight excluding hydrogens is 496 g/mol. The summed E-state index contributed by atoms with van der Waals surface area (Å²) in [5, 5.41) is 0. The van der Waals surface area contributed by atoms with E-state index < -0.39 is 36.0 Å². The lowest BCUT2D eigenvalue weighted by atomic mass is 9.93. The zero-order valence-electron chi connectivity index (χ0n) is 19.8. The first kappa shape index (κ1) is 24.5. The van der Waals surface area contributed by atoms with E-state index in [2.05, 4.69) is 19.7 Å². The summed E-state index contributed by atoms with van der Waals surface area (Å²) in [5.74, 6) is -1.96. The molecule has 0 aliphatic carbocycles.